The third kappa shape index (κ3) is 52.3. The average molecular weight is 979 g/mol. The molecule has 0 fully saturated rings. The minimum Gasteiger partial charge on any atom is -0.387 e. The zero-order chi connectivity index (χ0) is 49.9. The monoisotopic (exact) mass is 978 g/mol. The van der Waals surface area contributed by atoms with E-state index in [9.17, 15) is 19.4 Å². The normalized spacial score (nSPS) is 14.3. The van der Waals surface area contributed by atoms with Crippen LogP contribution in [0.25, 0.3) is 0 Å². The molecule has 0 spiro atoms. The fraction of sp³-hybridized carbons (Fsp3) is 0.847. The molecular weight excluding hydrogens is 864 g/mol. The molecule has 9 heteroatoms. The first-order valence-corrected chi connectivity index (χ1v) is 30.5. The van der Waals surface area contributed by atoms with E-state index in [1.54, 1.807) is 6.08 Å². The van der Waals surface area contributed by atoms with Crippen molar-refractivity contribution in [3.8, 4) is 0 Å². The second kappa shape index (κ2) is 50.4. The van der Waals surface area contributed by atoms with Crippen LogP contribution in [0.1, 0.15) is 271 Å². The van der Waals surface area contributed by atoms with Gasteiger partial charge in [-0.3, -0.25) is 13.8 Å². The Balaban J connectivity index is 4.10. The summed E-state index contributed by atoms with van der Waals surface area (Å²) >= 11 is 0. The first-order valence-electron chi connectivity index (χ1n) is 29.0. The highest BCUT2D eigenvalue weighted by atomic mass is 31.2. The molecule has 0 aromatic rings. The first kappa shape index (κ1) is 66.5. The number of rotatable bonds is 53. The number of carbonyl (C=O) groups is 1. The van der Waals surface area contributed by atoms with E-state index in [4.69, 9.17) is 9.05 Å². The molecule has 0 aromatic carbocycles. The fourth-order valence-electron chi connectivity index (χ4n) is 8.42. The van der Waals surface area contributed by atoms with Gasteiger partial charge >= 0.3 is 7.82 Å². The van der Waals surface area contributed by atoms with Crippen LogP contribution in [0.2, 0.25) is 0 Å². The van der Waals surface area contributed by atoms with Gasteiger partial charge in [-0.2, -0.15) is 0 Å². The number of phosphoric acid groups is 1. The Morgan fingerprint density at radius 2 is 0.809 bits per heavy atom. The second-order valence-corrected chi connectivity index (χ2v) is 22.4. The number of amides is 1. The quantitative estimate of drug-likeness (QED) is 0.0243. The van der Waals surface area contributed by atoms with Crippen LogP contribution < -0.4 is 5.32 Å². The molecule has 68 heavy (non-hydrogen) atoms. The molecule has 0 saturated carbocycles. The smallest absolute Gasteiger partial charge is 0.387 e. The molecule has 3 N–H and O–H groups in total. The topological polar surface area (TPSA) is 105 Å². The summed E-state index contributed by atoms with van der Waals surface area (Å²) in [5.41, 5.74) is 0. The van der Waals surface area contributed by atoms with Crippen LogP contribution in [-0.2, 0) is 18.4 Å². The lowest BCUT2D eigenvalue weighted by atomic mass is 10.0. The number of aliphatic hydroxyl groups is 1. The number of nitrogens with zero attached hydrogens (tertiary/aromatic N) is 1. The van der Waals surface area contributed by atoms with Crippen LogP contribution in [0.15, 0.2) is 48.6 Å². The van der Waals surface area contributed by atoms with Crippen molar-refractivity contribution in [1.29, 1.82) is 0 Å². The second-order valence-electron chi connectivity index (χ2n) is 21.0. The van der Waals surface area contributed by atoms with Crippen molar-refractivity contribution < 1.29 is 32.9 Å². The Bertz CT molecular complexity index is 1250. The van der Waals surface area contributed by atoms with Gasteiger partial charge in [0.1, 0.15) is 13.2 Å². The summed E-state index contributed by atoms with van der Waals surface area (Å²) in [4.78, 5) is 23.3. The van der Waals surface area contributed by atoms with E-state index in [0.29, 0.717) is 17.4 Å². The first-order chi connectivity index (χ1) is 33.0. The molecule has 400 valence electrons. The molecule has 0 radical (unpaired) electrons. The number of aliphatic hydroxyl groups excluding tert-OH is 1. The summed E-state index contributed by atoms with van der Waals surface area (Å²) < 4.78 is 23.6. The summed E-state index contributed by atoms with van der Waals surface area (Å²) in [6.07, 6.45) is 66.6. The number of likely N-dealkylation sites (N-methyl/N-ethyl adjacent to an activating group) is 1. The van der Waals surface area contributed by atoms with Crippen LogP contribution >= 0.6 is 7.82 Å². The maximum absolute atomic E-state index is 13.0. The Morgan fingerprint density at radius 1 is 0.485 bits per heavy atom. The molecule has 0 aliphatic carbocycles. The van der Waals surface area contributed by atoms with Gasteiger partial charge in [0, 0.05) is 6.42 Å². The molecule has 8 nitrogen and oxygen atoms in total. The molecule has 0 aliphatic heterocycles. The predicted octanol–water partition coefficient (Wildman–Crippen LogP) is 17.5. The molecule has 0 heterocycles. The lowest BCUT2D eigenvalue weighted by Crippen LogP contribution is -2.45. The fourth-order valence-corrected chi connectivity index (χ4v) is 9.16. The van der Waals surface area contributed by atoms with E-state index in [-0.39, 0.29) is 19.1 Å². The van der Waals surface area contributed by atoms with Gasteiger partial charge in [-0.05, 0) is 70.6 Å². The highest BCUT2D eigenvalue weighted by Gasteiger charge is 2.27. The van der Waals surface area contributed by atoms with Crippen LogP contribution in [0.3, 0.4) is 0 Å². The van der Waals surface area contributed by atoms with E-state index in [1.165, 1.54) is 205 Å². The highest BCUT2D eigenvalue weighted by molar-refractivity contribution is 7.47. The molecule has 0 saturated heterocycles. The van der Waals surface area contributed by atoms with Gasteiger partial charge in [0.2, 0.25) is 5.91 Å². The number of unbranched alkanes of at least 4 members (excludes halogenated alkanes) is 34. The number of hydrogen-bond acceptors (Lipinski definition) is 5. The van der Waals surface area contributed by atoms with Crippen molar-refractivity contribution in [1.82, 2.24) is 5.32 Å². The zero-order valence-corrected chi connectivity index (χ0v) is 46.5. The molecule has 3 unspecified atom stereocenters. The van der Waals surface area contributed by atoms with Crippen molar-refractivity contribution in [2.75, 3.05) is 40.9 Å². The minimum absolute atomic E-state index is 0.0535. The SMILES string of the molecule is CCCCCCC/C=C/CC/C=C/CC/C=C/C(O)C(COP(=O)(O)OCC[N+](C)(C)C)NC(=O)CCCCCCCCCCCCCCCCC/C=C\CCCCCCCCCCCCCC. The number of carbonyl (C=O) groups excluding carboxylic acids is 1. The maximum Gasteiger partial charge on any atom is 0.472 e. The van der Waals surface area contributed by atoms with Crippen molar-refractivity contribution in [2.45, 2.75) is 283 Å². The van der Waals surface area contributed by atoms with Gasteiger partial charge in [0.15, 0.2) is 0 Å². The molecule has 0 aliphatic rings. The van der Waals surface area contributed by atoms with Crippen LogP contribution in [0.4, 0.5) is 0 Å². The number of nitrogens with one attached hydrogen (secondary N) is 1. The maximum atomic E-state index is 13.0. The van der Waals surface area contributed by atoms with E-state index >= 15 is 0 Å². The number of quaternary nitrogens is 1. The van der Waals surface area contributed by atoms with Gasteiger partial charge in [-0.15, -0.1) is 0 Å². The van der Waals surface area contributed by atoms with Crippen molar-refractivity contribution in [2.24, 2.45) is 0 Å². The minimum atomic E-state index is -4.36. The van der Waals surface area contributed by atoms with Gasteiger partial charge in [0.05, 0.1) is 39.9 Å². The van der Waals surface area contributed by atoms with E-state index in [0.717, 1.165) is 44.9 Å². The highest BCUT2D eigenvalue weighted by Crippen LogP contribution is 2.43. The van der Waals surface area contributed by atoms with Gasteiger partial charge in [-0.1, -0.05) is 242 Å². The summed E-state index contributed by atoms with van der Waals surface area (Å²) in [5, 5.41) is 13.9. The van der Waals surface area contributed by atoms with Crippen LogP contribution in [0.5, 0.6) is 0 Å². The lowest BCUT2D eigenvalue weighted by molar-refractivity contribution is -0.870. The zero-order valence-electron chi connectivity index (χ0n) is 45.6. The summed E-state index contributed by atoms with van der Waals surface area (Å²) in [6.45, 7) is 4.79. The number of phosphoric ester groups is 1. The molecule has 1 amide bonds. The van der Waals surface area contributed by atoms with Crippen molar-refractivity contribution in [3.05, 3.63) is 48.6 Å². The molecular formula is C59H114N2O6P+. The summed E-state index contributed by atoms with van der Waals surface area (Å²) in [7, 11) is 1.55. The van der Waals surface area contributed by atoms with E-state index < -0.39 is 20.0 Å². The summed E-state index contributed by atoms with van der Waals surface area (Å²) in [5.74, 6) is -0.189. The Labute approximate surface area is 422 Å². The number of allylic oxidation sites excluding steroid dienone is 7. The molecule has 0 bridgehead atoms. The van der Waals surface area contributed by atoms with Gasteiger partial charge in [-0.25, -0.2) is 4.57 Å². The van der Waals surface area contributed by atoms with Crippen LogP contribution in [-0.4, -0.2) is 73.4 Å². The van der Waals surface area contributed by atoms with Gasteiger partial charge in [0.25, 0.3) is 0 Å². The van der Waals surface area contributed by atoms with Gasteiger partial charge < -0.3 is 19.8 Å². The number of hydrogen-bond donors (Lipinski definition) is 3. The third-order valence-corrected chi connectivity index (χ3v) is 14.0. The lowest BCUT2D eigenvalue weighted by Gasteiger charge is -2.25. The Hall–Kier alpha value is -1.54. The van der Waals surface area contributed by atoms with E-state index in [2.05, 4.69) is 55.6 Å². The Kier molecular flexibility index (Phi) is 49.3. The molecule has 3 atom stereocenters. The van der Waals surface area contributed by atoms with Crippen molar-refractivity contribution >= 4 is 13.7 Å². The van der Waals surface area contributed by atoms with Crippen LogP contribution in [0, 0.1) is 0 Å². The largest absolute Gasteiger partial charge is 0.472 e. The molecule has 0 rings (SSSR count). The predicted molar refractivity (Wildman–Crippen MR) is 295 cm³/mol. The Morgan fingerprint density at radius 3 is 1.18 bits per heavy atom. The van der Waals surface area contributed by atoms with E-state index in [1.807, 2.05) is 27.2 Å². The summed E-state index contributed by atoms with van der Waals surface area (Å²) in [6, 6.07) is -0.869. The molecule has 0 aromatic heterocycles. The van der Waals surface area contributed by atoms with Crippen molar-refractivity contribution in [3.63, 3.8) is 0 Å². The standard InChI is InChI=1S/C59H113N2O6P/c1-6-8-10-12-14-16-18-20-22-23-24-25-26-27-28-29-30-31-32-33-34-35-36-37-39-41-43-45-47-49-51-53-59(63)60-57(56-67-68(64,65)66-55-54-61(3,4)5)58(62)52-50-48-46-44-42-40-38-21-19-17-15-13-11-9-7-2/h19,21,27-28,42,44,50,52,57-58,62H,6-18,20,22-26,29-41,43,45-49,51,53-56H2,1-5H3,(H-,60,63,64,65)/p+1/b21-19+,28-27-,44-42+,52-50+. The third-order valence-electron chi connectivity index (χ3n) is 13.0. The average Bonchev–Trinajstić information content (AvgIpc) is 3.30.